The van der Waals surface area contributed by atoms with E-state index in [2.05, 4.69) is 31.0 Å². The van der Waals surface area contributed by atoms with Crippen molar-refractivity contribution in [1.82, 2.24) is 10.2 Å². The molecule has 1 N–H and O–H groups in total. The fourth-order valence-corrected chi connectivity index (χ4v) is 2.33. The van der Waals surface area contributed by atoms with Crippen molar-refractivity contribution in [1.29, 1.82) is 0 Å². The Labute approximate surface area is 109 Å². The first-order valence-electron chi connectivity index (χ1n) is 6.56. The van der Waals surface area contributed by atoms with E-state index in [0.717, 1.165) is 19.4 Å². The Balaban J connectivity index is 2.48. The lowest BCUT2D eigenvalue weighted by Crippen LogP contribution is -2.51. The average molecular weight is 256 g/mol. The molecule has 1 aliphatic rings. The maximum absolute atomic E-state index is 12.1. The largest absolute Gasteiger partial charge is 0.465 e. The summed E-state index contributed by atoms with van der Waals surface area (Å²) < 4.78 is 4.78. The van der Waals surface area contributed by atoms with Crippen LogP contribution in [0.15, 0.2) is 0 Å². The van der Waals surface area contributed by atoms with E-state index >= 15 is 0 Å². The Kier molecular flexibility index (Phi) is 5.14. The third kappa shape index (κ3) is 3.98. The zero-order valence-corrected chi connectivity index (χ0v) is 11.8. The van der Waals surface area contributed by atoms with Crippen LogP contribution in [0.5, 0.6) is 0 Å². The van der Waals surface area contributed by atoms with Gasteiger partial charge in [0.2, 0.25) is 5.91 Å². The summed E-state index contributed by atoms with van der Waals surface area (Å²) in [5, 5.41) is 2.66. The molecule has 1 fully saturated rings. The number of hydrogen-bond acceptors (Lipinski definition) is 4. The zero-order valence-electron chi connectivity index (χ0n) is 11.8. The van der Waals surface area contributed by atoms with E-state index in [1.54, 1.807) is 6.92 Å². The number of amides is 1. The molecule has 1 aliphatic heterocycles. The van der Waals surface area contributed by atoms with Crippen LogP contribution in [0.25, 0.3) is 0 Å². The number of likely N-dealkylation sites (tertiary alicyclic amines) is 1. The van der Waals surface area contributed by atoms with Gasteiger partial charge in [-0.2, -0.15) is 0 Å². The molecule has 1 atom stereocenters. The van der Waals surface area contributed by atoms with Gasteiger partial charge in [0.15, 0.2) is 0 Å². The number of carbonyl (C=O) groups excluding carboxylic acids is 2. The maximum Gasteiger partial charge on any atom is 0.325 e. The molecule has 104 valence electrons. The molecule has 0 radical (unpaired) electrons. The van der Waals surface area contributed by atoms with Crippen LogP contribution in [-0.2, 0) is 14.3 Å². The van der Waals surface area contributed by atoms with Crippen molar-refractivity contribution in [2.45, 2.75) is 52.1 Å². The quantitative estimate of drug-likeness (QED) is 0.760. The van der Waals surface area contributed by atoms with Crippen molar-refractivity contribution >= 4 is 11.9 Å². The van der Waals surface area contributed by atoms with Crippen molar-refractivity contribution < 1.29 is 14.3 Å². The van der Waals surface area contributed by atoms with E-state index in [1.165, 1.54) is 0 Å². The smallest absolute Gasteiger partial charge is 0.325 e. The number of ether oxygens (including phenoxy) is 1. The molecule has 0 spiro atoms. The van der Waals surface area contributed by atoms with Crippen molar-refractivity contribution in [3.63, 3.8) is 0 Å². The summed E-state index contributed by atoms with van der Waals surface area (Å²) in [6, 6.07) is -0.126. The second kappa shape index (κ2) is 6.18. The lowest BCUT2D eigenvalue weighted by Gasteiger charge is -2.36. The van der Waals surface area contributed by atoms with Crippen LogP contribution < -0.4 is 5.32 Å². The Hall–Kier alpha value is -1.10. The summed E-state index contributed by atoms with van der Waals surface area (Å²) in [6.07, 6.45) is 1.88. The van der Waals surface area contributed by atoms with Gasteiger partial charge >= 0.3 is 5.97 Å². The summed E-state index contributed by atoms with van der Waals surface area (Å²) in [4.78, 5) is 25.4. The average Bonchev–Trinajstić information content (AvgIpc) is 2.74. The molecule has 5 heteroatoms. The van der Waals surface area contributed by atoms with Gasteiger partial charge in [0, 0.05) is 5.54 Å². The van der Waals surface area contributed by atoms with Crippen LogP contribution in [0, 0.1) is 0 Å². The molecule has 0 aromatic heterocycles. The Bertz CT molecular complexity index is 310. The molecule has 1 rings (SSSR count). The highest BCUT2D eigenvalue weighted by atomic mass is 16.5. The van der Waals surface area contributed by atoms with E-state index in [0.29, 0.717) is 6.61 Å². The molecular formula is C13H24N2O3. The molecular weight excluding hydrogens is 232 g/mol. The van der Waals surface area contributed by atoms with Crippen molar-refractivity contribution in [2.24, 2.45) is 0 Å². The fraction of sp³-hybridized carbons (Fsp3) is 0.846. The molecule has 5 nitrogen and oxygen atoms in total. The Morgan fingerprint density at radius 3 is 2.61 bits per heavy atom. The first kappa shape index (κ1) is 15.0. The second-order valence-corrected chi connectivity index (χ2v) is 5.55. The summed E-state index contributed by atoms with van der Waals surface area (Å²) in [5.74, 6) is -0.457. The fourth-order valence-electron chi connectivity index (χ4n) is 2.33. The highest BCUT2D eigenvalue weighted by Gasteiger charge is 2.37. The Morgan fingerprint density at radius 2 is 2.06 bits per heavy atom. The minimum atomic E-state index is -0.383. The van der Waals surface area contributed by atoms with Gasteiger partial charge in [-0.15, -0.1) is 0 Å². The third-order valence-electron chi connectivity index (χ3n) is 3.13. The van der Waals surface area contributed by atoms with Crippen LogP contribution in [-0.4, -0.2) is 48.1 Å². The minimum absolute atomic E-state index is 0.0254. The number of hydrogen-bond donors (Lipinski definition) is 1. The van der Waals surface area contributed by atoms with Gasteiger partial charge in [-0.25, -0.2) is 0 Å². The first-order valence-corrected chi connectivity index (χ1v) is 6.56. The number of esters is 1. The van der Waals surface area contributed by atoms with Gasteiger partial charge in [0.05, 0.1) is 12.6 Å². The van der Waals surface area contributed by atoms with Crippen molar-refractivity contribution in [3.8, 4) is 0 Å². The SMILES string of the molecule is CCOC(=O)CNC(=O)[C@@H]1CCCN1C(C)(C)C. The van der Waals surface area contributed by atoms with Crippen LogP contribution >= 0.6 is 0 Å². The molecule has 1 saturated heterocycles. The number of nitrogens with one attached hydrogen (secondary N) is 1. The number of nitrogens with zero attached hydrogens (tertiary/aromatic N) is 1. The molecule has 0 bridgehead atoms. The van der Waals surface area contributed by atoms with E-state index in [9.17, 15) is 9.59 Å². The van der Waals surface area contributed by atoms with Crippen molar-refractivity contribution in [2.75, 3.05) is 19.7 Å². The topological polar surface area (TPSA) is 58.6 Å². The van der Waals surface area contributed by atoms with Gasteiger partial charge in [-0.05, 0) is 47.1 Å². The third-order valence-corrected chi connectivity index (χ3v) is 3.13. The molecule has 18 heavy (non-hydrogen) atoms. The number of carbonyl (C=O) groups is 2. The minimum Gasteiger partial charge on any atom is -0.465 e. The molecule has 0 saturated carbocycles. The molecule has 0 aliphatic carbocycles. The monoisotopic (exact) mass is 256 g/mol. The normalized spacial score (nSPS) is 20.8. The molecule has 0 aromatic carbocycles. The van der Waals surface area contributed by atoms with Crippen molar-refractivity contribution in [3.05, 3.63) is 0 Å². The van der Waals surface area contributed by atoms with E-state index < -0.39 is 0 Å². The van der Waals surface area contributed by atoms with Crippen LogP contribution in [0.2, 0.25) is 0 Å². The summed E-state index contributed by atoms with van der Waals surface area (Å²) in [7, 11) is 0. The van der Waals surface area contributed by atoms with Gasteiger partial charge in [-0.1, -0.05) is 0 Å². The van der Waals surface area contributed by atoms with Gasteiger partial charge < -0.3 is 10.1 Å². The number of rotatable bonds is 4. The molecule has 0 unspecified atom stereocenters. The van der Waals surface area contributed by atoms with E-state index in [1.807, 2.05) is 0 Å². The van der Waals surface area contributed by atoms with Crippen LogP contribution in [0.3, 0.4) is 0 Å². The lowest BCUT2D eigenvalue weighted by atomic mass is 10.0. The highest BCUT2D eigenvalue weighted by Crippen LogP contribution is 2.26. The molecule has 1 amide bonds. The second-order valence-electron chi connectivity index (χ2n) is 5.55. The first-order chi connectivity index (χ1) is 8.36. The van der Waals surface area contributed by atoms with Crippen LogP contribution in [0.4, 0.5) is 0 Å². The van der Waals surface area contributed by atoms with E-state index in [4.69, 9.17) is 4.74 Å². The maximum atomic E-state index is 12.1. The predicted molar refractivity (Wildman–Crippen MR) is 69.1 cm³/mol. The summed E-state index contributed by atoms with van der Waals surface area (Å²) in [5.41, 5.74) is -0.0254. The zero-order chi connectivity index (χ0) is 13.8. The Morgan fingerprint density at radius 1 is 1.39 bits per heavy atom. The van der Waals surface area contributed by atoms with Gasteiger partial charge in [-0.3, -0.25) is 14.5 Å². The standard InChI is InChI=1S/C13H24N2O3/c1-5-18-11(16)9-14-12(17)10-7-6-8-15(10)13(2,3)4/h10H,5-9H2,1-4H3,(H,14,17)/t10-/m0/s1. The van der Waals surface area contributed by atoms with E-state index in [-0.39, 0.29) is 30.0 Å². The lowest BCUT2D eigenvalue weighted by molar-refractivity contribution is -0.144. The van der Waals surface area contributed by atoms with Crippen LogP contribution in [0.1, 0.15) is 40.5 Å². The van der Waals surface area contributed by atoms with Gasteiger partial charge in [0.25, 0.3) is 0 Å². The molecule has 0 aromatic rings. The predicted octanol–water partition coefficient (Wildman–Crippen LogP) is 0.929. The highest BCUT2D eigenvalue weighted by molar-refractivity contribution is 5.85. The van der Waals surface area contributed by atoms with Gasteiger partial charge in [0.1, 0.15) is 6.54 Å². The molecule has 1 heterocycles. The summed E-state index contributed by atoms with van der Waals surface area (Å²) in [6.45, 7) is 9.28. The summed E-state index contributed by atoms with van der Waals surface area (Å²) >= 11 is 0.